The molecule has 0 saturated carbocycles. The fourth-order valence-corrected chi connectivity index (χ4v) is 2.45. The van der Waals surface area contributed by atoms with E-state index in [1.165, 1.54) is 18.3 Å². The van der Waals surface area contributed by atoms with Crippen molar-refractivity contribution in [3.63, 3.8) is 0 Å². The van der Waals surface area contributed by atoms with E-state index in [0.717, 1.165) is 0 Å². The van der Waals surface area contributed by atoms with Crippen molar-refractivity contribution in [2.75, 3.05) is 16.0 Å². The molecule has 4 N–H and O–H groups in total. The number of carbonyl (C=O) groups is 1. The number of anilines is 5. The fourth-order valence-electron chi connectivity index (χ4n) is 2.45. The van der Waals surface area contributed by atoms with Crippen molar-refractivity contribution in [2.45, 2.75) is 26.3 Å². The van der Waals surface area contributed by atoms with Gasteiger partial charge in [-0.15, -0.1) is 0 Å². The molecule has 0 aliphatic heterocycles. The number of nitrogens with zero attached hydrogens (tertiary/aromatic N) is 2. The van der Waals surface area contributed by atoms with Gasteiger partial charge in [0.15, 0.2) is 0 Å². The molecule has 2 aromatic carbocycles. The van der Waals surface area contributed by atoms with E-state index in [2.05, 4.69) is 25.9 Å². The van der Waals surface area contributed by atoms with E-state index in [9.17, 15) is 14.4 Å². The van der Waals surface area contributed by atoms with Crippen LogP contribution in [0.3, 0.4) is 0 Å². The summed E-state index contributed by atoms with van der Waals surface area (Å²) in [5.41, 5.74) is -0.385. The lowest BCUT2D eigenvalue weighted by molar-refractivity contribution is 0.0697. The first kappa shape index (κ1) is 19.0. The standard InChI is InChI=1S/C19H19N5O4/c1-19(2,3)24-14-13(15(25)16(14)26)22-12-8-9-20-18(23-12)21-11-6-4-10(5-7-11)17(27)28/h4-9,24H,1-3H3,(H,27,28)(H2,20,21,22,23). The Labute approximate surface area is 160 Å². The quantitative estimate of drug-likeness (QED) is 0.475. The van der Waals surface area contributed by atoms with Crippen LogP contribution in [-0.2, 0) is 0 Å². The Balaban J connectivity index is 1.78. The molecule has 0 amide bonds. The van der Waals surface area contributed by atoms with Gasteiger partial charge in [0, 0.05) is 17.4 Å². The highest BCUT2D eigenvalue weighted by atomic mass is 16.4. The van der Waals surface area contributed by atoms with Crippen molar-refractivity contribution in [2.24, 2.45) is 0 Å². The van der Waals surface area contributed by atoms with E-state index in [4.69, 9.17) is 5.11 Å². The van der Waals surface area contributed by atoms with E-state index in [1.807, 2.05) is 20.8 Å². The smallest absolute Gasteiger partial charge is 0.335 e. The highest BCUT2D eigenvalue weighted by Gasteiger charge is 2.25. The molecule has 3 aromatic rings. The maximum Gasteiger partial charge on any atom is 0.335 e. The first-order valence-electron chi connectivity index (χ1n) is 8.46. The molecule has 0 aliphatic rings. The Hall–Kier alpha value is -3.75. The number of nitrogens with one attached hydrogen (secondary N) is 3. The molecule has 9 nitrogen and oxygen atoms in total. The lowest BCUT2D eigenvalue weighted by atomic mass is 10.1. The van der Waals surface area contributed by atoms with Gasteiger partial charge >= 0.3 is 5.97 Å². The van der Waals surface area contributed by atoms with Crippen molar-refractivity contribution in [1.29, 1.82) is 0 Å². The summed E-state index contributed by atoms with van der Waals surface area (Å²) in [4.78, 5) is 43.0. The topological polar surface area (TPSA) is 133 Å². The van der Waals surface area contributed by atoms with Gasteiger partial charge in [0.1, 0.15) is 17.2 Å². The summed E-state index contributed by atoms with van der Waals surface area (Å²) in [6.07, 6.45) is 1.49. The molecule has 9 heteroatoms. The molecule has 1 heterocycles. The van der Waals surface area contributed by atoms with Crippen LogP contribution >= 0.6 is 0 Å². The summed E-state index contributed by atoms with van der Waals surface area (Å²) in [7, 11) is 0. The number of carboxylic acid groups (broad SMARTS) is 1. The number of aromatic carboxylic acids is 1. The molecular weight excluding hydrogens is 362 g/mol. The molecule has 0 fully saturated rings. The molecule has 0 spiro atoms. The summed E-state index contributed by atoms with van der Waals surface area (Å²) in [6.45, 7) is 5.65. The Morgan fingerprint density at radius 2 is 1.61 bits per heavy atom. The molecule has 0 atom stereocenters. The van der Waals surface area contributed by atoms with Crippen LogP contribution in [0.1, 0.15) is 31.1 Å². The Morgan fingerprint density at radius 3 is 2.21 bits per heavy atom. The van der Waals surface area contributed by atoms with E-state index < -0.39 is 16.8 Å². The van der Waals surface area contributed by atoms with Crippen LogP contribution in [0.2, 0.25) is 0 Å². The van der Waals surface area contributed by atoms with Crippen LogP contribution < -0.4 is 26.8 Å². The van der Waals surface area contributed by atoms with Crippen LogP contribution in [0.5, 0.6) is 0 Å². The van der Waals surface area contributed by atoms with E-state index >= 15 is 0 Å². The van der Waals surface area contributed by atoms with Crippen LogP contribution in [0.4, 0.5) is 28.8 Å². The van der Waals surface area contributed by atoms with E-state index in [1.54, 1.807) is 18.2 Å². The molecule has 0 radical (unpaired) electrons. The van der Waals surface area contributed by atoms with Crippen LogP contribution in [-0.4, -0.2) is 26.6 Å². The Bertz CT molecular complexity index is 1090. The highest BCUT2D eigenvalue weighted by molar-refractivity contribution is 5.88. The average Bonchev–Trinajstić information content (AvgIpc) is 2.64. The van der Waals surface area contributed by atoms with Gasteiger partial charge in [0.05, 0.1) is 5.56 Å². The zero-order chi connectivity index (χ0) is 20.5. The minimum atomic E-state index is -1.01. The molecule has 0 aliphatic carbocycles. The molecule has 144 valence electrons. The molecule has 0 saturated heterocycles. The third kappa shape index (κ3) is 4.14. The average molecular weight is 381 g/mol. The van der Waals surface area contributed by atoms with Crippen LogP contribution in [0, 0.1) is 0 Å². The summed E-state index contributed by atoms with van der Waals surface area (Å²) in [6, 6.07) is 7.67. The number of carboxylic acids is 1. The van der Waals surface area contributed by atoms with E-state index in [-0.39, 0.29) is 28.4 Å². The van der Waals surface area contributed by atoms with Gasteiger partial charge in [-0.2, -0.15) is 4.98 Å². The van der Waals surface area contributed by atoms with Crippen molar-refractivity contribution in [3.8, 4) is 0 Å². The summed E-state index contributed by atoms with van der Waals surface area (Å²) in [5, 5.41) is 17.8. The van der Waals surface area contributed by atoms with Gasteiger partial charge < -0.3 is 21.1 Å². The second-order valence-corrected chi connectivity index (χ2v) is 7.18. The fraction of sp³-hybridized carbons (Fsp3) is 0.211. The third-order valence-electron chi connectivity index (χ3n) is 3.71. The Kier molecular flexibility index (Phi) is 4.83. The monoisotopic (exact) mass is 381 g/mol. The first-order chi connectivity index (χ1) is 13.1. The van der Waals surface area contributed by atoms with Gasteiger partial charge in [-0.1, -0.05) is 0 Å². The number of aromatic nitrogens is 2. The van der Waals surface area contributed by atoms with Crippen LogP contribution in [0.15, 0.2) is 46.1 Å². The zero-order valence-electron chi connectivity index (χ0n) is 15.5. The predicted molar refractivity (Wildman–Crippen MR) is 107 cm³/mol. The summed E-state index contributed by atoms with van der Waals surface area (Å²) >= 11 is 0. The van der Waals surface area contributed by atoms with Gasteiger partial charge in [0.25, 0.3) is 10.9 Å². The lowest BCUT2D eigenvalue weighted by Gasteiger charge is -2.24. The van der Waals surface area contributed by atoms with Crippen molar-refractivity contribution >= 4 is 34.8 Å². The van der Waals surface area contributed by atoms with Gasteiger partial charge in [-0.3, -0.25) is 9.59 Å². The molecule has 1 aromatic heterocycles. The number of rotatable bonds is 6. The van der Waals surface area contributed by atoms with Gasteiger partial charge in [0.2, 0.25) is 5.95 Å². The first-order valence-corrected chi connectivity index (χ1v) is 8.46. The predicted octanol–water partition coefficient (Wildman–Crippen LogP) is 2.47. The number of hydrogen-bond acceptors (Lipinski definition) is 8. The zero-order valence-corrected chi connectivity index (χ0v) is 15.5. The SMILES string of the molecule is CC(C)(C)Nc1c(Nc2ccnc(Nc3ccc(C(=O)O)cc3)n2)c(=O)c1=O. The minimum absolute atomic E-state index is 0.162. The van der Waals surface area contributed by atoms with Gasteiger partial charge in [-0.25, -0.2) is 9.78 Å². The minimum Gasteiger partial charge on any atom is -0.478 e. The second kappa shape index (κ2) is 7.10. The van der Waals surface area contributed by atoms with Crippen molar-refractivity contribution in [3.05, 3.63) is 62.5 Å². The van der Waals surface area contributed by atoms with Crippen molar-refractivity contribution in [1.82, 2.24) is 9.97 Å². The normalized spacial score (nSPS) is 11.2. The molecule has 28 heavy (non-hydrogen) atoms. The molecular formula is C19H19N5O4. The Morgan fingerprint density at radius 1 is 0.964 bits per heavy atom. The maximum atomic E-state index is 11.9. The molecule has 0 bridgehead atoms. The summed E-state index contributed by atoms with van der Waals surface area (Å²) in [5.74, 6) is -0.428. The lowest BCUT2D eigenvalue weighted by Crippen LogP contribution is -2.41. The largest absolute Gasteiger partial charge is 0.478 e. The second-order valence-electron chi connectivity index (χ2n) is 7.18. The number of benzene rings is 1. The molecule has 3 rings (SSSR count). The number of hydrogen-bond donors (Lipinski definition) is 4. The highest BCUT2D eigenvalue weighted by Crippen LogP contribution is 2.23. The molecule has 0 unspecified atom stereocenters. The van der Waals surface area contributed by atoms with Gasteiger partial charge in [-0.05, 0) is 51.1 Å². The van der Waals surface area contributed by atoms with E-state index in [0.29, 0.717) is 11.5 Å². The van der Waals surface area contributed by atoms with Crippen molar-refractivity contribution < 1.29 is 9.90 Å². The van der Waals surface area contributed by atoms with Crippen LogP contribution in [0.25, 0.3) is 0 Å². The third-order valence-corrected chi connectivity index (χ3v) is 3.71. The summed E-state index contributed by atoms with van der Waals surface area (Å²) < 4.78 is 0. The maximum absolute atomic E-state index is 11.9.